The molecule has 0 aliphatic carbocycles. The maximum Gasteiger partial charge on any atom is 0.228 e. The third-order valence-electron chi connectivity index (χ3n) is 4.85. The summed E-state index contributed by atoms with van der Waals surface area (Å²) in [7, 11) is 0. The number of carbonyl (C=O) groups excluding carboxylic acids is 2. The van der Waals surface area contributed by atoms with Crippen LogP contribution in [0.15, 0.2) is 34.9 Å². The number of benzene rings is 1. The monoisotopic (exact) mass is 355 g/mol. The molecule has 0 bridgehead atoms. The van der Waals surface area contributed by atoms with Crippen LogP contribution in [0.2, 0.25) is 0 Å². The van der Waals surface area contributed by atoms with Crippen molar-refractivity contribution >= 4 is 17.6 Å². The SMILES string of the molecule is Cc1ccc(CCC(=O)N2CCC(C(=O)Nc3cc(C)on3)CC2)cc1. The lowest BCUT2D eigenvalue weighted by Gasteiger charge is -2.31. The number of nitrogens with one attached hydrogen (secondary N) is 1. The second-order valence-corrected chi connectivity index (χ2v) is 6.95. The van der Waals surface area contributed by atoms with E-state index in [2.05, 4.69) is 41.7 Å². The van der Waals surface area contributed by atoms with Crippen LogP contribution in [0.25, 0.3) is 0 Å². The molecule has 1 fully saturated rings. The summed E-state index contributed by atoms with van der Waals surface area (Å²) in [5, 5.41) is 6.56. The van der Waals surface area contributed by atoms with Crippen molar-refractivity contribution < 1.29 is 14.1 Å². The first kappa shape index (κ1) is 18.2. The van der Waals surface area contributed by atoms with Gasteiger partial charge in [-0.2, -0.15) is 0 Å². The lowest BCUT2D eigenvalue weighted by molar-refractivity contribution is -0.134. The Balaban J connectivity index is 1.43. The second-order valence-electron chi connectivity index (χ2n) is 6.95. The molecule has 6 nitrogen and oxygen atoms in total. The van der Waals surface area contributed by atoms with E-state index in [4.69, 9.17) is 4.52 Å². The zero-order valence-corrected chi connectivity index (χ0v) is 15.3. The van der Waals surface area contributed by atoms with Crippen LogP contribution in [-0.2, 0) is 16.0 Å². The van der Waals surface area contributed by atoms with E-state index in [9.17, 15) is 9.59 Å². The van der Waals surface area contributed by atoms with Crippen LogP contribution in [0.4, 0.5) is 5.82 Å². The molecule has 0 unspecified atom stereocenters. The van der Waals surface area contributed by atoms with Crippen molar-refractivity contribution in [1.82, 2.24) is 10.1 Å². The molecule has 1 aromatic heterocycles. The van der Waals surface area contributed by atoms with Gasteiger partial charge in [0.05, 0.1) is 0 Å². The first-order valence-electron chi connectivity index (χ1n) is 9.09. The second kappa shape index (κ2) is 8.17. The van der Waals surface area contributed by atoms with Gasteiger partial charge in [-0.05, 0) is 38.7 Å². The minimum Gasteiger partial charge on any atom is -0.360 e. The molecular weight excluding hydrogens is 330 g/mol. The fourth-order valence-corrected chi connectivity index (χ4v) is 3.21. The van der Waals surface area contributed by atoms with Gasteiger partial charge in [0.15, 0.2) is 5.82 Å². The number of aromatic nitrogens is 1. The summed E-state index contributed by atoms with van der Waals surface area (Å²) in [5.74, 6) is 1.13. The molecule has 1 aliphatic rings. The predicted molar refractivity (Wildman–Crippen MR) is 98.7 cm³/mol. The smallest absolute Gasteiger partial charge is 0.228 e. The molecule has 0 spiro atoms. The molecule has 3 rings (SSSR count). The van der Waals surface area contributed by atoms with Crippen molar-refractivity contribution in [3.8, 4) is 0 Å². The summed E-state index contributed by atoms with van der Waals surface area (Å²) in [6.07, 6.45) is 2.63. The minimum atomic E-state index is -0.0897. The van der Waals surface area contributed by atoms with E-state index in [1.807, 2.05) is 4.90 Å². The van der Waals surface area contributed by atoms with Gasteiger partial charge in [-0.3, -0.25) is 9.59 Å². The van der Waals surface area contributed by atoms with Crippen LogP contribution in [0.1, 0.15) is 36.1 Å². The van der Waals surface area contributed by atoms with E-state index in [-0.39, 0.29) is 17.7 Å². The number of hydrogen-bond acceptors (Lipinski definition) is 4. The van der Waals surface area contributed by atoms with Crippen molar-refractivity contribution in [3.63, 3.8) is 0 Å². The van der Waals surface area contributed by atoms with Crippen molar-refractivity contribution in [2.75, 3.05) is 18.4 Å². The van der Waals surface area contributed by atoms with E-state index >= 15 is 0 Å². The molecule has 2 amide bonds. The van der Waals surface area contributed by atoms with E-state index in [1.54, 1.807) is 13.0 Å². The molecule has 1 saturated heterocycles. The first-order valence-corrected chi connectivity index (χ1v) is 9.09. The number of amides is 2. The maximum atomic E-state index is 12.4. The molecule has 0 saturated carbocycles. The standard InChI is InChI=1S/C20H25N3O3/c1-14-3-5-16(6-4-14)7-8-19(24)23-11-9-17(10-12-23)20(25)21-18-13-15(2)26-22-18/h3-6,13,17H,7-12H2,1-2H3,(H,21,22,25). The summed E-state index contributed by atoms with van der Waals surface area (Å²) in [5.41, 5.74) is 2.40. The summed E-state index contributed by atoms with van der Waals surface area (Å²) in [6, 6.07) is 9.98. The van der Waals surface area contributed by atoms with Gasteiger partial charge in [0.1, 0.15) is 5.76 Å². The van der Waals surface area contributed by atoms with Crippen LogP contribution >= 0.6 is 0 Å². The minimum absolute atomic E-state index is 0.0509. The zero-order valence-electron chi connectivity index (χ0n) is 15.3. The highest BCUT2D eigenvalue weighted by molar-refractivity contribution is 5.91. The number of carbonyl (C=O) groups is 2. The molecule has 6 heteroatoms. The quantitative estimate of drug-likeness (QED) is 0.894. The molecule has 0 atom stereocenters. The molecule has 138 valence electrons. The van der Waals surface area contributed by atoms with Crippen LogP contribution in [-0.4, -0.2) is 35.0 Å². The number of nitrogens with zero attached hydrogens (tertiary/aromatic N) is 2. The van der Waals surface area contributed by atoms with Crippen molar-refractivity contribution in [3.05, 3.63) is 47.2 Å². The Morgan fingerprint density at radius 2 is 1.88 bits per heavy atom. The van der Waals surface area contributed by atoms with E-state index in [1.165, 1.54) is 11.1 Å². The highest BCUT2D eigenvalue weighted by Crippen LogP contribution is 2.20. The van der Waals surface area contributed by atoms with E-state index in [0.717, 1.165) is 6.42 Å². The Morgan fingerprint density at radius 1 is 1.19 bits per heavy atom. The molecular formula is C20H25N3O3. The third-order valence-corrected chi connectivity index (χ3v) is 4.85. The van der Waals surface area contributed by atoms with Crippen LogP contribution in [0.5, 0.6) is 0 Å². The van der Waals surface area contributed by atoms with Gasteiger partial charge in [-0.1, -0.05) is 35.0 Å². The Hall–Kier alpha value is -2.63. The van der Waals surface area contributed by atoms with Gasteiger partial charge < -0.3 is 14.7 Å². The first-order chi connectivity index (χ1) is 12.5. The Kier molecular flexibility index (Phi) is 5.71. The summed E-state index contributed by atoms with van der Waals surface area (Å²) in [4.78, 5) is 26.6. The molecule has 26 heavy (non-hydrogen) atoms. The fourth-order valence-electron chi connectivity index (χ4n) is 3.21. The van der Waals surface area contributed by atoms with Gasteiger partial charge in [0.25, 0.3) is 0 Å². The Bertz CT molecular complexity index is 759. The largest absolute Gasteiger partial charge is 0.360 e. The van der Waals surface area contributed by atoms with E-state index in [0.29, 0.717) is 43.9 Å². The summed E-state index contributed by atoms with van der Waals surface area (Å²) >= 11 is 0. The highest BCUT2D eigenvalue weighted by atomic mass is 16.5. The van der Waals surface area contributed by atoms with Crippen LogP contribution in [0.3, 0.4) is 0 Å². The van der Waals surface area contributed by atoms with Gasteiger partial charge in [0.2, 0.25) is 11.8 Å². The maximum absolute atomic E-state index is 12.4. The van der Waals surface area contributed by atoms with Gasteiger partial charge in [0, 0.05) is 31.5 Å². The molecule has 2 heterocycles. The lowest BCUT2D eigenvalue weighted by Crippen LogP contribution is -2.41. The van der Waals surface area contributed by atoms with Crippen molar-refractivity contribution in [2.45, 2.75) is 39.5 Å². The molecule has 1 aromatic carbocycles. The topological polar surface area (TPSA) is 75.4 Å². The normalized spacial score (nSPS) is 15.1. The number of anilines is 1. The van der Waals surface area contributed by atoms with Crippen LogP contribution < -0.4 is 5.32 Å². The average molecular weight is 355 g/mol. The Labute approximate surface area is 153 Å². The highest BCUT2D eigenvalue weighted by Gasteiger charge is 2.27. The molecule has 2 aromatic rings. The van der Waals surface area contributed by atoms with Gasteiger partial charge in [-0.15, -0.1) is 0 Å². The number of hydrogen-bond donors (Lipinski definition) is 1. The fraction of sp³-hybridized carbons (Fsp3) is 0.450. The lowest BCUT2D eigenvalue weighted by atomic mass is 9.95. The number of aryl methyl sites for hydroxylation is 3. The van der Waals surface area contributed by atoms with Gasteiger partial charge >= 0.3 is 0 Å². The summed E-state index contributed by atoms with van der Waals surface area (Å²) in [6.45, 7) is 5.09. The van der Waals surface area contributed by atoms with Crippen LogP contribution in [0, 0.1) is 19.8 Å². The van der Waals surface area contributed by atoms with Crippen molar-refractivity contribution in [2.24, 2.45) is 5.92 Å². The Morgan fingerprint density at radius 3 is 2.50 bits per heavy atom. The predicted octanol–water partition coefficient (Wildman–Crippen LogP) is 3.10. The summed E-state index contributed by atoms with van der Waals surface area (Å²) < 4.78 is 4.95. The average Bonchev–Trinajstić information content (AvgIpc) is 3.06. The van der Waals surface area contributed by atoms with Gasteiger partial charge in [-0.25, -0.2) is 0 Å². The third kappa shape index (κ3) is 4.71. The number of piperidine rings is 1. The zero-order chi connectivity index (χ0) is 18.5. The molecule has 1 N–H and O–H groups in total. The number of likely N-dealkylation sites (tertiary alicyclic amines) is 1. The number of rotatable bonds is 5. The molecule has 0 radical (unpaired) electrons. The van der Waals surface area contributed by atoms with E-state index < -0.39 is 0 Å². The van der Waals surface area contributed by atoms with Crippen molar-refractivity contribution in [1.29, 1.82) is 0 Å². The molecule has 1 aliphatic heterocycles.